The van der Waals surface area contributed by atoms with Crippen LogP contribution in [0, 0.1) is 0 Å². The third kappa shape index (κ3) is 8.08. The highest BCUT2D eigenvalue weighted by atomic mass is 32.2. The van der Waals surface area contributed by atoms with E-state index in [1.54, 1.807) is 11.8 Å². The van der Waals surface area contributed by atoms with Crippen LogP contribution >= 0.6 is 11.8 Å². The molecule has 0 aliphatic rings. The lowest BCUT2D eigenvalue weighted by Crippen LogP contribution is -2.16. The Morgan fingerprint density at radius 1 is 1.42 bits per heavy atom. The van der Waals surface area contributed by atoms with Gasteiger partial charge in [0.15, 0.2) is 5.78 Å². The van der Waals surface area contributed by atoms with Crippen molar-refractivity contribution in [3.05, 3.63) is 0 Å². The zero-order chi connectivity index (χ0) is 9.61. The van der Waals surface area contributed by atoms with E-state index in [2.05, 4.69) is 20.8 Å². The molecular weight excluding hydrogens is 172 g/mol. The number of ether oxygens (including phenoxy) is 1. The van der Waals surface area contributed by atoms with Crippen molar-refractivity contribution in [3.8, 4) is 0 Å². The summed E-state index contributed by atoms with van der Waals surface area (Å²) in [6.07, 6.45) is 0. The molecule has 0 atom stereocenters. The van der Waals surface area contributed by atoms with Crippen LogP contribution in [0.3, 0.4) is 0 Å². The second kappa shape index (κ2) is 5.60. The van der Waals surface area contributed by atoms with Crippen LogP contribution in [0.5, 0.6) is 0 Å². The number of thioether (sulfide) groups is 1. The first-order chi connectivity index (χ1) is 5.45. The largest absolute Gasteiger partial charge is 0.374 e. The summed E-state index contributed by atoms with van der Waals surface area (Å²) >= 11 is 1.66. The van der Waals surface area contributed by atoms with E-state index in [9.17, 15) is 4.79 Å². The third-order valence-corrected chi connectivity index (χ3v) is 2.47. The van der Waals surface area contributed by atoms with Crippen molar-refractivity contribution in [2.45, 2.75) is 32.4 Å². The van der Waals surface area contributed by atoms with Gasteiger partial charge in [0.1, 0.15) is 6.61 Å². The molecule has 72 valence electrons. The van der Waals surface area contributed by atoms with E-state index >= 15 is 0 Å². The van der Waals surface area contributed by atoms with E-state index < -0.39 is 0 Å². The van der Waals surface area contributed by atoms with Gasteiger partial charge in [0.25, 0.3) is 0 Å². The van der Waals surface area contributed by atoms with Crippen molar-refractivity contribution < 1.29 is 9.53 Å². The number of rotatable bonds is 5. The lowest BCUT2D eigenvalue weighted by molar-refractivity contribution is -0.120. The maximum atomic E-state index is 11.1. The van der Waals surface area contributed by atoms with Crippen molar-refractivity contribution in [1.82, 2.24) is 0 Å². The topological polar surface area (TPSA) is 26.3 Å². The molecule has 12 heavy (non-hydrogen) atoms. The molecular formula is C9H18O2S. The molecule has 0 rings (SSSR count). The SMILES string of the molecule is CCOCC(=O)CSC(C)(C)C. The van der Waals surface area contributed by atoms with Crippen LogP contribution in [0.4, 0.5) is 0 Å². The fourth-order valence-electron chi connectivity index (χ4n) is 0.555. The first kappa shape index (κ1) is 12.0. The number of Topliss-reactive ketones (excluding diaryl/α,β-unsaturated/α-hetero) is 1. The fraction of sp³-hybridized carbons (Fsp3) is 0.889. The van der Waals surface area contributed by atoms with Crippen LogP contribution < -0.4 is 0 Å². The van der Waals surface area contributed by atoms with Gasteiger partial charge in [-0.2, -0.15) is 0 Å². The zero-order valence-electron chi connectivity index (χ0n) is 8.35. The van der Waals surface area contributed by atoms with E-state index in [4.69, 9.17) is 4.74 Å². The Morgan fingerprint density at radius 2 is 2.00 bits per heavy atom. The Hall–Kier alpha value is -0.0200. The van der Waals surface area contributed by atoms with E-state index in [1.807, 2.05) is 6.92 Å². The smallest absolute Gasteiger partial charge is 0.168 e. The zero-order valence-corrected chi connectivity index (χ0v) is 9.16. The van der Waals surface area contributed by atoms with Crippen molar-refractivity contribution in [2.24, 2.45) is 0 Å². The summed E-state index contributed by atoms with van der Waals surface area (Å²) in [5, 5.41) is 0. The molecule has 0 heterocycles. The van der Waals surface area contributed by atoms with Gasteiger partial charge < -0.3 is 4.74 Å². The van der Waals surface area contributed by atoms with Crippen LogP contribution in [0.25, 0.3) is 0 Å². The van der Waals surface area contributed by atoms with Gasteiger partial charge in [0.2, 0.25) is 0 Å². The number of carbonyl (C=O) groups is 1. The van der Waals surface area contributed by atoms with Gasteiger partial charge in [-0.3, -0.25) is 4.79 Å². The highest BCUT2D eigenvalue weighted by molar-refractivity contribution is 8.01. The third-order valence-electron chi connectivity index (χ3n) is 1.13. The molecule has 0 fully saturated rings. The molecule has 0 aliphatic heterocycles. The summed E-state index contributed by atoms with van der Waals surface area (Å²) in [6, 6.07) is 0. The predicted octanol–water partition coefficient (Wildman–Crippen LogP) is 2.12. The second-order valence-electron chi connectivity index (χ2n) is 3.58. The van der Waals surface area contributed by atoms with Crippen molar-refractivity contribution in [1.29, 1.82) is 0 Å². The van der Waals surface area contributed by atoms with Crippen molar-refractivity contribution >= 4 is 17.5 Å². The van der Waals surface area contributed by atoms with Crippen LogP contribution in [-0.2, 0) is 9.53 Å². The molecule has 0 bridgehead atoms. The maximum absolute atomic E-state index is 11.1. The van der Waals surface area contributed by atoms with Crippen molar-refractivity contribution in [2.75, 3.05) is 19.0 Å². The quantitative estimate of drug-likeness (QED) is 0.664. The molecule has 0 unspecified atom stereocenters. The monoisotopic (exact) mass is 190 g/mol. The lowest BCUT2D eigenvalue weighted by Gasteiger charge is -2.16. The second-order valence-corrected chi connectivity index (χ2v) is 5.38. The number of hydrogen-bond donors (Lipinski definition) is 0. The Balaban J connectivity index is 3.44. The minimum Gasteiger partial charge on any atom is -0.374 e. The summed E-state index contributed by atoms with van der Waals surface area (Å²) in [4.78, 5) is 11.1. The minimum atomic E-state index is 0.169. The first-order valence-corrected chi connectivity index (χ1v) is 5.17. The van der Waals surface area contributed by atoms with E-state index in [0.29, 0.717) is 12.4 Å². The van der Waals surface area contributed by atoms with Gasteiger partial charge in [-0.15, -0.1) is 11.8 Å². The van der Waals surface area contributed by atoms with Crippen LogP contribution in [0.1, 0.15) is 27.7 Å². The molecule has 0 radical (unpaired) electrons. The van der Waals surface area contributed by atoms with Crippen LogP contribution in [-0.4, -0.2) is 29.5 Å². The molecule has 3 heteroatoms. The van der Waals surface area contributed by atoms with Gasteiger partial charge in [-0.1, -0.05) is 20.8 Å². The summed E-state index contributed by atoms with van der Waals surface area (Å²) in [5.41, 5.74) is 0. The standard InChI is InChI=1S/C9H18O2S/c1-5-11-6-8(10)7-12-9(2,3)4/h5-7H2,1-4H3. The van der Waals surface area contributed by atoms with Gasteiger partial charge in [0.05, 0.1) is 5.75 Å². The molecule has 0 amide bonds. The summed E-state index contributed by atoms with van der Waals surface area (Å²) in [7, 11) is 0. The van der Waals surface area contributed by atoms with Gasteiger partial charge >= 0.3 is 0 Å². The van der Waals surface area contributed by atoms with E-state index in [-0.39, 0.29) is 17.1 Å². The first-order valence-electron chi connectivity index (χ1n) is 4.19. The lowest BCUT2D eigenvalue weighted by atomic mass is 10.3. The fourth-order valence-corrected chi connectivity index (χ4v) is 1.23. The van der Waals surface area contributed by atoms with E-state index in [1.165, 1.54) is 0 Å². The predicted molar refractivity (Wildman–Crippen MR) is 53.7 cm³/mol. The highest BCUT2D eigenvalue weighted by Gasteiger charge is 2.12. The molecule has 0 aliphatic carbocycles. The van der Waals surface area contributed by atoms with Gasteiger partial charge in [-0.05, 0) is 6.92 Å². The molecule has 0 saturated heterocycles. The molecule has 2 nitrogen and oxygen atoms in total. The normalized spacial score (nSPS) is 11.7. The summed E-state index contributed by atoms with van der Waals surface area (Å²) < 4.78 is 5.17. The molecule has 0 N–H and O–H groups in total. The molecule has 0 aromatic rings. The minimum absolute atomic E-state index is 0.169. The average molecular weight is 190 g/mol. The number of carbonyl (C=O) groups excluding carboxylic acids is 1. The highest BCUT2D eigenvalue weighted by Crippen LogP contribution is 2.22. The molecule has 0 saturated carbocycles. The van der Waals surface area contributed by atoms with Crippen molar-refractivity contribution in [3.63, 3.8) is 0 Å². The van der Waals surface area contributed by atoms with Crippen LogP contribution in [0.15, 0.2) is 0 Å². The average Bonchev–Trinajstić information content (AvgIpc) is 1.95. The Kier molecular flexibility index (Phi) is 5.59. The Bertz CT molecular complexity index is 138. The summed E-state index contributed by atoms with van der Waals surface area (Å²) in [5.74, 6) is 0.737. The van der Waals surface area contributed by atoms with Gasteiger partial charge in [0, 0.05) is 11.4 Å². The number of hydrogen-bond acceptors (Lipinski definition) is 3. The Labute approximate surface area is 79.1 Å². The molecule has 0 aromatic carbocycles. The Morgan fingerprint density at radius 3 is 2.42 bits per heavy atom. The molecule has 0 spiro atoms. The molecule has 0 aromatic heterocycles. The van der Waals surface area contributed by atoms with Gasteiger partial charge in [-0.25, -0.2) is 0 Å². The van der Waals surface area contributed by atoms with E-state index in [0.717, 1.165) is 0 Å². The maximum Gasteiger partial charge on any atom is 0.168 e. The van der Waals surface area contributed by atoms with Crippen LogP contribution in [0.2, 0.25) is 0 Å². The number of ketones is 1. The summed E-state index contributed by atoms with van der Waals surface area (Å²) in [6.45, 7) is 9.08.